The second-order valence-corrected chi connectivity index (χ2v) is 14.4. The molecule has 0 spiro atoms. The maximum Gasteiger partial charge on any atom is 0.161 e. The first-order valence-electron chi connectivity index (χ1n) is 18.4. The van der Waals surface area contributed by atoms with Gasteiger partial charge in [-0.05, 0) is 86.8 Å². The average molecular weight is 661 g/mol. The molecule has 3 aromatic carbocycles. The first-order chi connectivity index (χ1) is 24.5. The Morgan fingerprint density at radius 2 is 0.640 bits per heavy atom. The van der Waals surface area contributed by atoms with Gasteiger partial charge in [0.05, 0.1) is 0 Å². The number of carbonyl (C=O) groups excluding carboxylic acids is 4. The molecule has 6 aliphatic rings. The average Bonchev–Trinajstić information content (AvgIpc) is 3.14. The number of nitrogens with zero attached hydrogens (tertiary/aromatic N) is 2. The number of carbonyl (C=O) groups is 4. The van der Waals surface area contributed by atoms with Gasteiger partial charge in [0.15, 0.2) is 23.1 Å². The van der Waals surface area contributed by atoms with Crippen molar-refractivity contribution in [3.05, 3.63) is 141 Å². The van der Waals surface area contributed by atoms with Gasteiger partial charge in [0, 0.05) is 94.0 Å². The van der Waals surface area contributed by atoms with Gasteiger partial charge < -0.3 is 9.80 Å². The largest absolute Gasteiger partial charge is 0.317 e. The molecule has 0 aromatic heterocycles. The van der Waals surface area contributed by atoms with Gasteiger partial charge in [-0.25, -0.2) is 0 Å². The monoisotopic (exact) mass is 660 g/mol. The zero-order valence-corrected chi connectivity index (χ0v) is 28.3. The van der Waals surface area contributed by atoms with Crippen molar-refractivity contribution >= 4 is 34.5 Å². The number of rotatable bonds is 4. The zero-order valence-electron chi connectivity index (χ0n) is 28.3. The number of hydrogen-bond donors (Lipinski definition) is 0. The molecule has 2 heterocycles. The first kappa shape index (κ1) is 30.9. The Morgan fingerprint density at radius 3 is 0.920 bits per heavy atom. The third-order valence-electron chi connectivity index (χ3n) is 11.6. The molecule has 0 N–H and O–H groups in total. The topological polar surface area (TPSA) is 74.8 Å². The summed E-state index contributed by atoms with van der Waals surface area (Å²) in [4.78, 5) is 59.6. The van der Waals surface area contributed by atoms with Crippen LogP contribution in [0.2, 0.25) is 0 Å². The highest BCUT2D eigenvalue weighted by molar-refractivity contribution is 6.09. The minimum atomic E-state index is -0.327. The maximum atomic E-state index is 13.8. The van der Waals surface area contributed by atoms with Crippen LogP contribution >= 0.6 is 0 Å². The lowest BCUT2D eigenvalue weighted by molar-refractivity contribution is -0.118. The second kappa shape index (κ2) is 12.3. The minimum absolute atomic E-state index is 0.135. The van der Waals surface area contributed by atoms with E-state index < -0.39 is 0 Å². The number of benzene rings is 3. The fourth-order valence-corrected chi connectivity index (χ4v) is 9.57. The number of ketones is 4. The molecule has 4 aliphatic carbocycles. The van der Waals surface area contributed by atoms with Crippen molar-refractivity contribution in [1.82, 2.24) is 0 Å². The van der Waals surface area contributed by atoms with E-state index >= 15 is 0 Å². The SMILES string of the molecule is O=C1CCCC2=C1C(c1ccccc1)C1=C(CCCC1=O)N2c1ccc(N2C3=C(C(=O)CCC3)C(c3ccccc3)C3=C2CCCC3=O)cc1. The standard InChI is InChI=1S/C44H40N2O4/c47-35-19-7-15-31-41(35)39(27-11-3-1-4-12-27)42-32(16-8-20-36(42)48)45(31)29-23-25-30(26-24-29)46-33-17-9-21-37(49)43(33)40(28-13-5-2-6-14-28)44-34(46)18-10-22-38(44)50/h1-6,11-14,23-26,39-40H,7-10,15-22H2. The van der Waals surface area contributed by atoms with Crippen LogP contribution in [0.25, 0.3) is 0 Å². The van der Waals surface area contributed by atoms with Crippen molar-refractivity contribution in [2.75, 3.05) is 9.80 Å². The normalized spacial score (nSPS) is 21.8. The molecule has 0 amide bonds. The quantitative estimate of drug-likeness (QED) is 0.278. The summed E-state index contributed by atoms with van der Waals surface area (Å²) in [5.74, 6) is -0.114. The summed E-state index contributed by atoms with van der Waals surface area (Å²) in [6.45, 7) is 0. The van der Waals surface area contributed by atoms with Gasteiger partial charge in [-0.3, -0.25) is 19.2 Å². The van der Waals surface area contributed by atoms with Crippen LogP contribution in [0.5, 0.6) is 0 Å². The molecule has 0 saturated carbocycles. The molecule has 2 aliphatic heterocycles. The lowest BCUT2D eigenvalue weighted by atomic mass is 9.70. The minimum Gasteiger partial charge on any atom is -0.317 e. The van der Waals surface area contributed by atoms with Crippen molar-refractivity contribution < 1.29 is 19.2 Å². The molecule has 0 saturated heterocycles. The third-order valence-corrected chi connectivity index (χ3v) is 11.6. The van der Waals surface area contributed by atoms with E-state index in [-0.39, 0.29) is 35.0 Å². The van der Waals surface area contributed by atoms with Crippen molar-refractivity contribution in [1.29, 1.82) is 0 Å². The van der Waals surface area contributed by atoms with Crippen molar-refractivity contribution in [3.63, 3.8) is 0 Å². The van der Waals surface area contributed by atoms with E-state index in [0.29, 0.717) is 25.7 Å². The molecule has 0 atom stereocenters. The zero-order chi connectivity index (χ0) is 33.9. The van der Waals surface area contributed by atoms with Crippen LogP contribution < -0.4 is 9.80 Å². The molecule has 250 valence electrons. The summed E-state index contributed by atoms with van der Waals surface area (Å²) in [7, 11) is 0. The smallest absolute Gasteiger partial charge is 0.161 e. The Hall–Kier alpha value is -5.10. The number of hydrogen-bond acceptors (Lipinski definition) is 6. The van der Waals surface area contributed by atoms with Crippen LogP contribution in [0.3, 0.4) is 0 Å². The van der Waals surface area contributed by atoms with Crippen molar-refractivity contribution in [3.8, 4) is 0 Å². The van der Waals surface area contributed by atoms with Crippen LogP contribution in [0.15, 0.2) is 130 Å². The molecule has 0 fully saturated rings. The number of anilines is 2. The molecular weight excluding hydrogens is 620 g/mol. The molecule has 0 unspecified atom stereocenters. The van der Waals surface area contributed by atoms with E-state index in [1.807, 2.05) is 60.7 Å². The maximum absolute atomic E-state index is 13.8. The van der Waals surface area contributed by atoms with Gasteiger partial charge in [-0.2, -0.15) is 0 Å². The van der Waals surface area contributed by atoms with Gasteiger partial charge in [0.2, 0.25) is 0 Å². The summed E-state index contributed by atoms with van der Waals surface area (Å²) >= 11 is 0. The molecule has 3 aromatic rings. The highest BCUT2D eigenvalue weighted by atomic mass is 16.1. The lowest BCUT2D eigenvalue weighted by Crippen LogP contribution is -2.39. The van der Waals surface area contributed by atoms with Gasteiger partial charge >= 0.3 is 0 Å². The predicted octanol–water partition coefficient (Wildman–Crippen LogP) is 8.92. The van der Waals surface area contributed by atoms with Crippen molar-refractivity contribution in [2.45, 2.75) is 88.9 Å². The molecule has 50 heavy (non-hydrogen) atoms. The van der Waals surface area contributed by atoms with E-state index in [1.54, 1.807) is 0 Å². The summed E-state index contributed by atoms with van der Waals surface area (Å²) in [5, 5.41) is 0. The number of allylic oxidation sites excluding steroid dienone is 8. The fourth-order valence-electron chi connectivity index (χ4n) is 9.57. The molecule has 6 heteroatoms. The van der Waals surface area contributed by atoms with Gasteiger partial charge in [-0.15, -0.1) is 0 Å². The summed E-state index contributed by atoms with van der Waals surface area (Å²) < 4.78 is 0. The van der Waals surface area contributed by atoms with Crippen LogP contribution in [-0.2, 0) is 19.2 Å². The fraction of sp³-hybridized carbons (Fsp3) is 0.318. The second-order valence-electron chi connectivity index (χ2n) is 14.4. The molecule has 9 rings (SSSR count). The van der Waals surface area contributed by atoms with Gasteiger partial charge in [0.1, 0.15) is 0 Å². The molecule has 0 radical (unpaired) electrons. The van der Waals surface area contributed by atoms with Crippen LogP contribution in [-0.4, -0.2) is 23.1 Å². The highest BCUT2D eigenvalue weighted by Gasteiger charge is 2.45. The highest BCUT2D eigenvalue weighted by Crippen LogP contribution is 2.53. The molecule has 6 nitrogen and oxygen atoms in total. The van der Waals surface area contributed by atoms with E-state index in [4.69, 9.17) is 0 Å². The number of Topliss-reactive ketones (excluding diaryl/α,β-unsaturated/α-hetero) is 4. The predicted molar refractivity (Wildman–Crippen MR) is 193 cm³/mol. The van der Waals surface area contributed by atoms with E-state index in [0.717, 1.165) is 119 Å². The Kier molecular flexibility index (Phi) is 7.63. The third kappa shape index (κ3) is 4.83. The van der Waals surface area contributed by atoms with Gasteiger partial charge in [-0.1, -0.05) is 60.7 Å². The Morgan fingerprint density at radius 1 is 0.360 bits per heavy atom. The Balaban J connectivity index is 1.18. The van der Waals surface area contributed by atoms with Crippen LogP contribution in [0, 0.1) is 0 Å². The molecular formula is C44H40N2O4. The van der Waals surface area contributed by atoms with Gasteiger partial charge in [0.25, 0.3) is 0 Å². The van der Waals surface area contributed by atoms with Crippen molar-refractivity contribution in [2.24, 2.45) is 0 Å². The lowest BCUT2D eigenvalue weighted by Gasteiger charge is -2.45. The van der Waals surface area contributed by atoms with E-state index in [2.05, 4.69) is 34.1 Å². The summed E-state index contributed by atoms with van der Waals surface area (Å²) in [6, 6.07) is 28.5. The van der Waals surface area contributed by atoms with Crippen LogP contribution in [0.4, 0.5) is 11.4 Å². The van der Waals surface area contributed by atoms with E-state index in [9.17, 15) is 19.2 Å². The Labute approximate surface area is 292 Å². The summed E-state index contributed by atoms with van der Waals surface area (Å²) in [5.41, 5.74) is 11.0. The summed E-state index contributed by atoms with van der Waals surface area (Å²) in [6.07, 6.45) is 8.26. The first-order valence-corrected chi connectivity index (χ1v) is 18.4. The van der Waals surface area contributed by atoms with E-state index in [1.165, 1.54) is 0 Å². The van der Waals surface area contributed by atoms with Crippen LogP contribution in [0.1, 0.15) is 100 Å². The Bertz CT molecular complexity index is 1850. The molecule has 0 bridgehead atoms.